The highest BCUT2D eigenvalue weighted by Gasteiger charge is 2.35. The molecule has 90 valence electrons. The van der Waals surface area contributed by atoms with E-state index in [0.717, 1.165) is 17.5 Å². The molecule has 1 aromatic rings. The molecular formula is C12H20ClN3. The minimum atomic E-state index is 0.559. The summed E-state index contributed by atoms with van der Waals surface area (Å²) in [5.41, 5.74) is 1.21. The quantitative estimate of drug-likeness (QED) is 0.878. The predicted molar refractivity (Wildman–Crippen MR) is 66.8 cm³/mol. The first-order valence-electron chi connectivity index (χ1n) is 6.00. The second-order valence-corrected chi connectivity index (χ2v) is 5.42. The van der Waals surface area contributed by atoms with Crippen LogP contribution in [0.1, 0.15) is 38.3 Å². The minimum Gasteiger partial charge on any atom is -0.314 e. The van der Waals surface area contributed by atoms with Crippen molar-refractivity contribution >= 4 is 11.6 Å². The Bertz CT molecular complexity index is 340. The lowest BCUT2D eigenvalue weighted by Crippen LogP contribution is -2.37. The lowest BCUT2D eigenvalue weighted by atomic mass is 9.71. The molecule has 1 N–H and O–H groups in total. The Kier molecular flexibility index (Phi) is 3.55. The van der Waals surface area contributed by atoms with Crippen molar-refractivity contribution < 1.29 is 0 Å². The lowest BCUT2D eigenvalue weighted by Gasteiger charge is -2.37. The first-order valence-corrected chi connectivity index (χ1v) is 6.38. The second-order valence-electron chi connectivity index (χ2n) is 5.01. The van der Waals surface area contributed by atoms with E-state index in [2.05, 4.69) is 24.3 Å². The third-order valence-corrected chi connectivity index (χ3v) is 3.79. The number of nitrogens with zero attached hydrogens (tertiary/aromatic N) is 2. The largest absolute Gasteiger partial charge is 0.314 e. The Morgan fingerprint density at radius 2 is 2.31 bits per heavy atom. The van der Waals surface area contributed by atoms with Crippen LogP contribution in [0.3, 0.4) is 0 Å². The average molecular weight is 242 g/mol. The molecule has 0 bridgehead atoms. The number of nitrogens with one attached hydrogen (secondary N) is 1. The molecule has 1 aliphatic carbocycles. The molecule has 1 fully saturated rings. The van der Waals surface area contributed by atoms with Gasteiger partial charge >= 0.3 is 0 Å². The van der Waals surface area contributed by atoms with Crippen molar-refractivity contribution in [3.63, 3.8) is 0 Å². The molecule has 0 aromatic carbocycles. The summed E-state index contributed by atoms with van der Waals surface area (Å²) in [6, 6.07) is 0.559. The van der Waals surface area contributed by atoms with Crippen molar-refractivity contribution in [2.24, 2.45) is 13.0 Å². The van der Waals surface area contributed by atoms with Crippen LogP contribution in [0.15, 0.2) is 6.20 Å². The number of hydrogen-bond acceptors (Lipinski definition) is 2. The second kappa shape index (κ2) is 4.76. The number of hydrogen-bond donors (Lipinski definition) is 1. The molecule has 0 saturated heterocycles. The first-order chi connectivity index (χ1) is 7.59. The van der Waals surface area contributed by atoms with Crippen molar-refractivity contribution in [3.8, 4) is 0 Å². The maximum Gasteiger partial charge on any atom is 0.0820 e. The van der Waals surface area contributed by atoms with Crippen LogP contribution in [0, 0.1) is 5.92 Å². The molecule has 0 aliphatic heterocycles. The fourth-order valence-corrected chi connectivity index (χ4v) is 2.70. The summed E-state index contributed by atoms with van der Waals surface area (Å²) < 4.78 is 1.93. The first kappa shape index (κ1) is 11.9. The van der Waals surface area contributed by atoms with Gasteiger partial charge in [0.2, 0.25) is 0 Å². The zero-order chi connectivity index (χ0) is 11.7. The Labute approximate surface area is 102 Å². The average Bonchev–Trinajstić information content (AvgIpc) is 2.48. The van der Waals surface area contributed by atoms with Gasteiger partial charge in [0.05, 0.1) is 16.9 Å². The van der Waals surface area contributed by atoms with Crippen molar-refractivity contribution in [3.05, 3.63) is 16.9 Å². The molecule has 2 unspecified atom stereocenters. The van der Waals surface area contributed by atoms with Crippen molar-refractivity contribution in [2.75, 3.05) is 6.54 Å². The van der Waals surface area contributed by atoms with Crippen LogP contribution >= 0.6 is 11.6 Å². The van der Waals surface area contributed by atoms with Gasteiger partial charge in [-0.15, -0.1) is 0 Å². The van der Waals surface area contributed by atoms with Gasteiger partial charge in [0.15, 0.2) is 0 Å². The van der Waals surface area contributed by atoms with Gasteiger partial charge in [-0.05, 0) is 25.3 Å². The Morgan fingerprint density at radius 1 is 1.56 bits per heavy atom. The zero-order valence-corrected chi connectivity index (χ0v) is 11.0. The molecule has 4 heteroatoms. The van der Waals surface area contributed by atoms with Crippen molar-refractivity contribution in [2.45, 2.75) is 38.6 Å². The number of halogens is 1. The smallest absolute Gasteiger partial charge is 0.0820 e. The van der Waals surface area contributed by atoms with Crippen molar-refractivity contribution in [1.82, 2.24) is 15.1 Å². The molecule has 0 radical (unpaired) electrons. The number of aryl methyl sites for hydroxylation is 1. The Morgan fingerprint density at radius 3 is 2.75 bits per heavy atom. The zero-order valence-electron chi connectivity index (χ0n) is 10.2. The Balaban J connectivity index is 2.00. The van der Waals surface area contributed by atoms with Crippen LogP contribution in [0.4, 0.5) is 0 Å². The molecule has 1 aromatic heterocycles. The molecule has 1 heterocycles. The molecular weight excluding hydrogens is 222 g/mol. The fraction of sp³-hybridized carbons (Fsp3) is 0.750. The SMILES string of the molecule is CC(C)NCC1CCC1c1c(Cl)cnn1C. The van der Waals surface area contributed by atoms with Crippen LogP contribution in [0.5, 0.6) is 0 Å². The highest BCUT2D eigenvalue weighted by molar-refractivity contribution is 6.31. The van der Waals surface area contributed by atoms with Gasteiger partial charge in [-0.2, -0.15) is 5.10 Å². The standard InChI is InChI=1S/C12H20ClN3/c1-8(2)14-6-9-4-5-10(9)12-11(13)7-15-16(12)3/h7-10,14H,4-6H2,1-3H3. The van der Waals surface area contributed by atoms with Gasteiger partial charge in [-0.3, -0.25) is 4.68 Å². The van der Waals surface area contributed by atoms with Crippen LogP contribution in [0.25, 0.3) is 0 Å². The fourth-order valence-electron chi connectivity index (χ4n) is 2.40. The van der Waals surface area contributed by atoms with E-state index < -0.39 is 0 Å². The van der Waals surface area contributed by atoms with Crippen LogP contribution in [-0.4, -0.2) is 22.4 Å². The van der Waals surface area contributed by atoms with Crippen LogP contribution in [-0.2, 0) is 7.05 Å². The molecule has 3 nitrogen and oxygen atoms in total. The minimum absolute atomic E-state index is 0.559. The monoisotopic (exact) mass is 241 g/mol. The molecule has 2 rings (SSSR count). The molecule has 0 amide bonds. The molecule has 0 spiro atoms. The van der Waals surface area contributed by atoms with Crippen LogP contribution in [0.2, 0.25) is 5.02 Å². The summed E-state index contributed by atoms with van der Waals surface area (Å²) in [5, 5.41) is 8.54. The summed E-state index contributed by atoms with van der Waals surface area (Å²) in [5.74, 6) is 1.31. The van der Waals surface area contributed by atoms with E-state index in [9.17, 15) is 0 Å². The predicted octanol–water partition coefficient (Wildman–Crippen LogP) is 2.57. The van der Waals surface area contributed by atoms with E-state index in [1.165, 1.54) is 18.5 Å². The Hall–Kier alpha value is -0.540. The van der Waals surface area contributed by atoms with E-state index in [1.807, 2.05) is 11.7 Å². The van der Waals surface area contributed by atoms with Gasteiger partial charge in [0.1, 0.15) is 0 Å². The summed E-state index contributed by atoms with van der Waals surface area (Å²) in [6.07, 6.45) is 4.29. The normalized spacial score (nSPS) is 24.8. The van der Waals surface area contributed by atoms with Gasteiger partial charge in [-0.25, -0.2) is 0 Å². The third-order valence-electron chi connectivity index (χ3n) is 3.49. The highest BCUT2D eigenvalue weighted by Crippen LogP contribution is 2.44. The molecule has 16 heavy (non-hydrogen) atoms. The number of aromatic nitrogens is 2. The van der Waals surface area contributed by atoms with Crippen LogP contribution < -0.4 is 5.32 Å². The summed E-state index contributed by atoms with van der Waals surface area (Å²) in [6.45, 7) is 5.46. The van der Waals surface area contributed by atoms with Gasteiger partial charge < -0.3 is 5.32 Å². The molecule has 1 aliphatic rings. The highest BCUT2D eigenvalue weighted by atomic mass is 35.5. The van der Waals surface area contributed by atoms with E-state index in [1.54, 1.807) is 6.20 Å². The molecule has 2 atom stereocenters. The van der Waals surface area contributed by atoms with E-state index in [4.69, 9.17) is 11.6 Å². The third kappa shape index (κ3) is 2.25. The topological polar surface area (TPSA) is 29.9 Å². The van der Waals surface area contributed by atoms with Crippen molar-refractivity contribution in [1.29, 1.82) is 0 Å². The maximum atomic E-state index is 6.18. The van der Waals surface area contributed by atoms with Gasteiger partial charge in [0.25, 0.3) is 0 Å². The van der Waals surface area contributed by atoms with E-state index >= 15 is 0 Å². The van der Waals surface area contributed by atoms with E-state index in [-0.39, 0.29) is 0 Å². The van der Waals surface area contributed by atoms with Gasteiger partial charge in [-0.1, -0.05) is 25.4 Å². The molecule has 1 saturated carbocycles. The lowest BCUT2D eigenvalue weighted by molar-refractivity contribution is 0.231. The van der Waals surface area contributed by atoms with E-state index in [0.29, 0.717) is 12.0 Å². The summed E-state index contributed by atoms with van der Waals surface area (Å²) in [4.78, 5) is 0. The maximum absolute atomic E-state index is 6.18. The summed E-state index contributed by atoms with van der Waals surface area (Å²) in [7, 11) is 1.98. The number of rotatable bonds is 4. The summed E-state index contributed by atoms with van der Waals surface area (Å²) >= 11 is 6.18. The van der Waals surface area contributed by atoms with Gasteiger partial charge in [0, 0.05) is 19.0 Å².